The highest BCUT2D eigenvalue weighted by Crippen LogP contribution is 2.19. The van der Waals surface area contributed by atoms with E-state index in [4.69, 9.17) is 4.74 Å². The summed E-state index contributed by atoms with van der Waals surface area (Å²) in [5.74, 6) is -0.442. The molecule has 0 aliphatic rings. The number of pyridine rings is 1. The third-order valence-electron chi connectivity index (χ3n) is 3.79. The number of aromatic nitrogens is 1. The molecule has 7 nitrogen and oxygen atoms in total. The zero-order valence-electron chi connectivity index (χ0n) is 15.2. The van der Waals surface area contributed by atoms with Crippen molar-refractivity contribution in [1.29, 1.82) is 0 Å². The number of rotatable bonds is 8. The van der Waals surface area contributed by atoms with Gasteiger partial charge in [-0.2, -0.15) is 0 Å². The van der Waals surface area contributed by atoms with Crippen LogP contribution in [-0.2, 0) is 21.4 Å². The van der Waals surface area contributed by atoms with Gasteiger partial charge in [0.1, 0.15) is 11.6 Å². The summed E-state index contributed by atoms with van der Waals surface area (Å²) in [6, 6.07) is 16.0. The summed E-state index contributed by atoms with van der Waals surface area (Å²) < 4.78 is 45.4. The number of amides is 1. The first kappa shape index (κ1) is 20.3. The maximum Gasteiger partial charge on any atom is 0.261 e. The summed E-state index contributed by atoms with van der Waals surface area (Å²) in [6.07, 6.45) is 1.64. The van der Waals surface area contributed by atoms with Crippen molar-refractivity contribution in [3.63, 3.8) is 0 Å². The lowest BCUT2D eigenvalue weighted by molar-refractivity contribution is -0.123. The van der Waals surface area contributed by atoms with Gasteiger partial charge in [-0.1, -0.05) is 6.07 Å². The van der Waals surface area contributed by atoms with E-state index in [-0.39, 0.29) is 29.6 Å². The second-order valence-corrected chi connectivity index (χ2v) is 7.65. The maximum absolute atomic E-state index is 12.9. The molecule has 0 aliphatic heterocycles. The normalized spacial score (nSPS) is 10.9. The van der Waals surface area contributed by atoms with Gasteiger partial charge in [0.15, 0.2) is 6.61 Å². The van der Waals surface area contributed by atoms with Gasteiger partial charge < -0.3 is 10.1 Å². The van der Waals surface area contributed by atoms with Crippen LogP contribution in [0.1, 0.15) is 5.69 Å². The van der Waals surface area contributed by atoms with Crippen molar-refractivity contribution in [3.05, 3.63) is 84.4 Å². The van der Waals surface area contributed by atoms with Crippen LogP contribution in [0, 0.1) is 5.82 Å². The van der Waals surface area contributed by atoms with Crippen LogP contribution in [0.3, 0.4) is 0 Å². The Hall–Kier alpha value is -3.46. The number of ether oxygens (including phenoxy) is 1. The second-order valence-electron chi connectivity index (χ2n) is 5.97. The molecule has 29 heavy (non-hydrogen) atoms. The van der Waals surface area contributed by atoms with Crippen LogP contribution in [0.5, 0.6) is 5.75 Å². The van der Waals surface area contributed by atoms with Crippen LogP contribution >= 0.6 is 0 Å². The minimum atomic E-state index is -3.83. The highest BCUT2D eigenvalue weighted by molar-refractivity contribution is 7.92. The lowest BCUT2D eigenvalue weighted by Gasteiger charge is -2.10. The molecule has 9 heteroatoms. The zero-order chi connectivity index (χ0) is 20.7. The summed E-state index contributed by atoms with van der Waals surface area (Å²) in [7, 11) is -3.83. The molecule has 0 bridgehead atoms. The number of sulfonamides is 1. The van der Waals surface area contributed by atoms with Crippen LogP contribution in [-0.4, -0.2) is 25.9 Å². The molecule has 0 fully saturated rings. The first-order valence-electron chi connectivity index (χ1n) is 8.60. The molecule has 0 saturated carbocycles. The molecule has 1 amide bonds. The highest BCUT2D eigenvalue weighted by Gasteiger charge is 2.14. The number of nitrogens with zero attached hydrogens (tertiary/aromatic N) is 1. The fourth-order valence-corrected chi connectivity index (χ4v) is 3.40. The Bertz CT molecular complexity index is 1060. The third-order valence-corrected chi connectivity index (χ3v) is 5.19. The summed E-state index contributed by atoms with van der Waals surface area (Å²) >= 11 is 0. The molecule has 0 aliphatic carbocycles. The van der Waals surface area contributed by atoms with Crippen molar-refractivity contribution in [1.82, 2.24) is 10.3 Å². The van der Waals surface area contributed by atoms with Gasteiger partial charge >= 0.3 is 0 Å². The van der Waals surface area contributed by atoms with Crippen LogP contribution < -0.4 is 14.8 Å². The molecule has 0 radical (unpaired) electrons. The van der Waals surface area contributed by atoms with Crippen molar-refractivity contribution in [3.8, 4) is 5.75 Å². The van der Waals surface area contributed by atoms with E-state index in [2.05, 4.69) is 15.0 Å². The Morgan fingerprint density at radius 3 is 2.38 bits per heavy atom. The molecule has 2 N–H and O–H groups in total. The van der Waals surface area contributed by atoms with Gasteiger partial charge in [0.2, 0.25) is 0 Å². The number of nitrogens with one attached hydrogen (secondary N) is 2. The van der Waals surface area contributed by atoms with Crippen molar-refractivity contribution >= 4 is 21.6 Å². The van der Waals surface area contributed by atoms with Crippen LogP contribution in [0.25, 0.3) is 0 Å². The minimum absolute atomic E-state index is 0.00813. The van der Waals surface area contributed by atoms with E-state index in [9.17, 15) is 17.6 Å². The van der Waals surface area contributed by atoms with Crippen molar-refractivity contribution < 1.29 is 22.3 Å². The second kappa shape index (κ2) is 9.16. The number of hydrogen-bond acceptors (Lipinski definition) is 5. The number of hydrogen-bond donors (Lipinski definition) is 2. The van der Waals surface area contributed by atoms with E-state index in [1.54, 1.807) is 18.3 Å². The highest BCUT2D eigenvalue weighted by atomic mass is 32.2. The van der Waals surface area contributed by atoms with Crippen LogP contribution in [0.4, 0.5) is 10.1 Å². The van der Waals surface area contributed by atoms with Gasteiger partial charge in [-0.25, -0.2) is 12.8 Å². The van der Waals surface area contributed by atoms with Gasteiger partial charge in [-0.15, -0.1) is 0 Å². The van der Waals surface area contributed by atoms with E-state index >= 15 is 0 Å². The summed E-state index contributed by atoms with van der Waals surface area (Å²) in [5.41, 5.74) is 0.973. The first-order chi connectivity index (χ1) is 13.9. The minimum Gasteiger partial charge on any atom is -0.484 e. The SMILES string of the molecule is O=C(COc1ccc(S(=O)(=O)Nc2ccc(F)cc2)cc1)NCc1ccccn1. The first-order valence-corrected chi connectivity index (χ1v) is 10.1. The molecule has 1 aromatic heterocycles. The molecule has 0 atom stereocenters. The smallest absolute Gasteiger partial charge is 0.261 e. The number of benzene rings is 2. The van der Waals surface area contributed by atoms with Crippen LogP contribution in [0.2, 0.25) is 0 Å². The standard InChI is InChI=1S/C20H18FN3O4S/c21-15-4-6-16(7-5-15)24-29(26,27)19-10-8-18(9-11-19)28-14-20(25)23-13-17-3-1-2-12-22-17/h1-12,24H,13-14H2,(H,23,25). The quantitative estimate of drug-likeness (QED) is 0.590. The molecule has 0 spiro atoms. The topological polar surface area (TPSA) is 97.4 Å². The Labute approximate surface area is 167 Å². The van der Waals surface area contributed by atoms with E-state index in [0.717, 1.165) is 17.8 Å². The monoisotopic (exact) mass is 415 g/mol. The van der Waals surface area contributed by atoms with Crippen molar-refractivity contribution in [2.45, 2.75) is 11.4 Å². The molecule has 150 valence electrons. The Kier molecular flexibility index (Phi) is 6.40. The molecule has 1 heterocycles. The number of carbonyl (C=O) groups excluding carboxylic acids is 1. The third kappa shape index (κ3) is 6.01. The molecule has 0 unspecified atom stereocenters. The average molecular weight is 415 g/mol. The van der Waals surface area contributed by atoms with E-state index in [1.807, 2.05) is 6.07 Å². The van der Waals surface area contributed by atoms with Gasteiger partial charge in [0, 0.05) is 11.9 Å². The summed E-state index contributed by atoms with van der Waals surface area (Å²) in [5, 5.41) is 2.68. The van der Waals surface area contributed by atoms with Crippen molar-refractivity contribution in [2.24, 2.45) is 0 Å². The lowest BCUT2D eigenvalue weighted by Crippen LogP contribution is -2.28. The predicted octanol–water partition coefficient (Wildman–Crippen LogP) is 2.72. The van der Waals surface area contributed by atoms with E-state index < -0.39 is 15.8 Å². The molecule has 0 saturated heterocycles. The number of halogens is 1. The van der Waals surface area contributed by atoms with Gasteiger partial charge in [0.25, 0.3) is 15.9 Å². The Morgan fingerprint density at radius 1 is 1.00 bits per heavy atom. The van der Waals surface area contributed by atoms with E-state index in [0.29, 0.717) is 5.75 Å². The molecular weight excluding hydrogens is 397 g/mol. The summed E-state index contributed by atoms with van der Waals surface area (Å²) in [4.78, 5) is 16.0. The summed E-state index contributed by atoms with van der Waals surface area (Å²) in [6.45, 7) is 0.0715. The van der Waals surface area contributed by atoms with Gasteiger partial charge in [-0.05, 0) is 60.7 Å². The molecule has 3 rings (SSSR count). The fraction of sp³-hybridized carbons (Fsp3) is 0.100. The zero-order valence-corrected chi connectivity index (χ0v) is 16.0. The van der Waals surface area contributed by atoms with Crippen molar-refractivity contribution in [2.75, 3.05) is 11.3 Å². The molecule has 3 aromatic rings. The number of carbonyl (C=O) groups is 1. The Morgan fingerprint density at radius 2 is 1.72 bits per heavy atom. The van der Waals surface area contributed by atoms with Crippen LogP contribution in [0.15, 0.2) is 77.8 Å². The fourth-order valence-electron chi connectivity index (χ4n) is 2.34. The maximum atomic E-state index is 12.9. The average Bonchev–Trinajstić information content (AvgIpc) is 2.73. The van der Waals surface area contributed by atoms with E-state index in [1.165, 1.54) is 36.4 Å². The predicted molar refractivity (Wildman–Crippen MR) is 105 cm³/mol. The molecular formula is C20H18FN3O4S. The molecule has 2 aromatic carbocycles. The Balaban J connectivity index is 1.52. The lowest BCUT2D eigenvalue weighted by atomic mass is 10.3. The van der Waals surface area contributed by atoms with Gasteiger partial charge in [-0.3, -0.25) is 14.5 Å². The van der Waals surface area contributed by atoms with Gasteiger partial charge in [0.05, 0.1) is 17.1 Å². The number of anilines is 1. The largest absolute Gasteiger partial charge is 0.484 e.